The van der Waals surface area contributed by atoms with Crippen LogP contribution in [-0.2, 0) is 17.9 Å². The lowest BCUT2D eigenvalue weighted by molar-refractivity contribution is -0.130. The molecule has 5 nitrogen and oxygen atoms in total. The van der Waals surface area contributed by atoms with Gasteiger partial charge in [0.1, 0.15) is 5.82 Å². The maximum absolute atomic E-state index is 12.9. The van der Waals surface area contributed by atoms with Crippen LogP contribution in [0, 0.1) is 5.82 Å². The summed E-state index contributed by atoms with van der Waals surface area (Å²) in [7, 11) is 1.69. The second kappa shape index (κ2) is 7.25. The third-order valence-electron chi connectivity index (χ3n) is 4.06. The lowest BCUT2D eigenvalue weighted by atomic mass is 10.2. The van der Waals surface area contributed by atoms with E-state index in [2.05, 4.69) is 4.98 Å². The minimum absolute atomic E-state index is 0.0932. The first-order chi connectivity index (χ1) is 12.0. The van der Waals surface area contributed by atoms with Crippen molar-refractivity contribution in [1.82, 2.24) is 14.5 Å². The summed E-state index contributed by atoms with van der Waals surface area (Å²) < 4.78 is 14.4. The molecule has 6 heteroatoms. The van der Waals surface area contributed by atoms with E-state index in [1.165, 1.54) is 23.0 Å². The lowest BCUT2D eigenvalue weighted by Gasteiger charge is -2.17. The molecule has 2 aromatic carbocycles. The van der Waals surface area contributed by atoms with E-state index in [-0.39, 0.29) is 30.2 Å². The average Bonchev–Trinajstić information content (AvgIpc) is 2.63. The summed E-state index contributed by atoms with van der Waals surface area (Å²) >= 11 is 0. The van der Waals surface area contributed by atoms with Crippen molar-refractivity contribution in [3.05, 3.63) is 76.6 Å². The molecule has 1 heterocycles. The number of benzene rings is 2. The van der Waals surface area contributed by atoms with Crippen LogP contribution in [0.2, 0.25) is 0 Å². The zero-order valence-electron chi connectivity index (χ0n) is 13.9. The highest BCUT2D eigenvalue weighted by atomic mass is 19.1. The number of hydrogen-bond acceptors (Lipinski definition) is 3. The van der Waals surface area contributed by atoms with Gasteiger partial charge in [-0.05, 0) is 29.8 Å². The monoisotopic (exact) mass is 339 g/mol. The number of carbonyl (C=O) groups excluding carboxylic acids is 1. The molecule has 0 radical (unpaired) electrons. The molecule has 0 aliphatic rings. The van der Waals surface area contributed by atoms with E-state index >= 15 is 0 Å². The molecular weight excluding hydrogens is 321 g/mol. The Morgan fingerprint density at radius 3 is 2.64 bits per heavy atom. The first-order valence-corrected chi connectivity index (χ1v) is 7.97. The lowest BCUT2D eigenvalue weighted by Crippen LogP contribution is -2.29. The van der Waals surface area contributed by atoms with Gasteiger partial charge in [-0.2, -0.15) is 0 Å². The zero-order chi connectivity index (χ0) is 17.8. The summed E-state index contributed by atoms with van der Waals surface area (Å²) in [5.41, 5.74) is 1.34. The Morgan fingerprint density at radius 1 is 1.16 bits per heavy atom. The molecule has 0 atom stereocenters. The molecule has 0 fully saturated rings. The van der Waals surface area contributed by atoms with E-state index in [9.17, 15) is 14.0 Å². The highest BCUT2D eigenvalue weighted by Crippen LogP contribution is 2.08. The largest absolute Gasteiger partial charge is 0.341 e. The van der Waals surface area contributed by atoms with Gasteiger partial charge in [0, 0.05) is 26.6 Å². The molecule has 1 amide bonds. The number of para-hydroxylation sites is 1. The van der Waals surface area contributed by atoms with Crippen molar-refractivity contribution in [2.24, 2.45) is 0 Å². The molecule has 0 aliphatic carbocycles. The zero-order valence-corrected chi connectivity index (χ0v) is 13.9. The highest BCUT2D eigenvalue weighted by Gasteiger charge is 2.11. The van der Waals surface area contributed by atoms with E-state index in [1.54, 1.807) is 42.3 Å². The van der Waals surface area contributed by atoms with Gasteiger partial charge < -0.3 is 4.90 Å². The van der Waals surface area contributed by atoms with Gasteiger partial charge in [-0.1, -0.05) is 24.3 Å². The van der Waals surface area contributed by atoms with E-state index in [4.69, 9.17) is 0 Å². The van der Waals surface area contributed by atoms with Gasteiger partial charge in [-0.25, -0.2) is 9.37 Å². The molecule has 0 saturated carbocycles. The molecule has 0 bridgehead atoms. The van der Waals surface area contributed by atoms with E-state index in [0.717, 1.165) is 5.56 Å². The number of carbonyl (C=O) groups is 1. The molecule has 0 spiro atoms. The Bertz CT molecular complexity index is 951. The number of rotatable bonds is 5. The van der Waals surface area contributed by atoms with Gasteiger partial charge in [0.05, 0.1) is 17.2 Å². The van der Waals surface area contributed by atoms with Crippen LogP contribution in [0.4, 0.5) is 4.39 Å². The Balaban J connectivity index is 1.64. The van der Waals surface area contributed by atoms with Gasteiger partial charge in [0.15, 0.2) is 0 Å². The Morgan fingerprint density at radius 2 is 1.88 bits per heavy atom. The van der Waals surface area contributed by atoms with Crippen molar-refractivity contribution in [2.45, 2.75) is 19.5 Å². The number of amides is 1. The fraction of sp³-hybridized carbons (Fsp3) is 0.211. The number of aryl methyl sites for hydroxylation is 1. The quantitative estimate of drug-likeness (QED) is 0.718. The van der Waals surface area contributed by atoms with Crippen molar-refractivity contribution in [1.29, 1.82) is 0 Å². The number of hydrogen-bond donors (Lipinski definition) is 0. The van der Waals surface area contributed by atoms with E-state index in [0.29, 0.717) is 17.4 Å². The second-order valence-electron chi connectivity index (χ2n) is 5.89. The predicted octanol–water partition coefficient (Wildman–Crippen LogP) is 2.58. The molecule has 3 rings (SSSR count). The minimum atomic E-state index is -0.305. The SMILES string of the molecule is CN(Cc1ccc(F)cc1)C(=O)CCn1cnc2ccccc2c1=O. The summed E-state index contributed by atoms with van der Waals surface area (Å²) in [5.74, 6) is -0.398. The van der Waals surface area contributed by atoms with Crippen molar-refractivity contribution in [3.8, 4) is 0 Å². The number of halogens is 1. The normalized spacial score (nSPS) is 10.8. The van der Waals surface area contributed by atoms with E-state index < -0.39 is 0 Å². The van der Waals surface area contributed by atoms with Crippen molar-refractivity contribution in [3.63, 3.8) is 0 Å². The Labute approximate surface area is 144 Å². The minimum Gasteiger partial charge on any atom is -0.341 e. The van der Waals surface area contributed by atoms with E-state index in [1.807, 2.05) is 6.07 Å². The van der Waals surface area contributed by atoms with Crippen LogP contribution < -0.4 is 5.56 Å². The standard InChI is InChI=1S/C19H18FN3O2/c1-22(12-14-6-8-15(20)9-7-14)18(24)10-11-23-13-21-17-5-3-2-4-16(17)19(23)25/h2-9,13H,10-12H2,1H3. The molecule has 1 aromatic heterocycles. The molecule has 25 heavy (non-hydrogen) atoms. The molecule has 0 N–H and O–H groups in total. The van der Waals surface area contributed by atoms with Crippen molar-refractivity contribution in [2.75, 3.05) is 7.05 Å². The Hall–Kier alpha value is -3.02. The third kappa shape index (κ3) is 3.91. The van der Waals surface area contributed by atoms with Gasteiger partial charge >= 0.3 is 0 Å². The number of fused-ring (bicyclic) bond motifs is 1. The fourth-order valence-electron chi connectivity index (χ4n) is 2.62. The highest BCUT2D eigenvalue weighted by molar-refractivity contribution is 5.77. The van der Waals surface area contributed by atoms with Crippen LogP contribution in [0.5, 0.6) is 0 Å². The van der Waals surface area contributed by atoms with Gasteiger partial charge in [0.25, 0.3) is 5.56 Å². The maximum Gasteiger partial charge on any atom is 0.261 e. The molecule has 0 aliphatic heterocycles. The van der Waals surface area contributed by atoms with Crippen molar-refractivity contribution < 1.29 is 9.18 Å². The van der Waals surface area contributed by atoms with Crippen LogP contribution in [0.15, 0.2) is 59.7 Å². The van der Waals surface area contributed by atoms with Crippen LogP contribution >= 0.6 is 0 Å². The number of aromatic nitrogens is 2. The third-order valence-corrected chi connectivity index (χ3v) is 4.06. The van der Waals surface area contributed by atoms with Gasteiger partial charge in [-0.15, -0.1) is 0 Å². The topological polar surface area (TPSA) is 55.2 Å². The second-order valence-corrected chi connectivity index (χ2v) is 5.89. The summed E-state index contributed by atoms with van der Waals surface area (Å²) in [5, 5.41) is 0.539. The van der Waals surface area contributed by atoms with Crippen LogP contribution in [0.3, 0.4) is 0 Å². The van der Waals surface area contributed by atoms with Crippen LogP contribution in [0.1, 0.15) is 12.0 Å². The Kier molecular flexibility index (Phi) is 4.88. The summed E-state index contributed by atoms with van der Waals surface area (Å²) in [6.07, 6.45) is 1.66. The van der Waals surface area contributed by atoms with Gasteiger partial charge in [-0.3, -0.25) is 14.2 Å². The first kappa shape index (κ1) is 16.8. The number of nitrogens with zero attached hydrogens (tertiary/aromatic N) is 3. The average molecular weight is 339 g/mol. The molecule has 128 valence electrons. The smallest absolute Gasteiger partial charge is 0.261 e. The first-order valence-electron chi connectivity index (χ1n) is 7.97. The van der Waals surface area contributed by atoms with Crippen LogP contribution in [-0.4, -0.2) is 27.4 Å². The molecule has 0 saturated heterocycles. The molecular formula is C19H18FN3O2. The van der Waals surface area contributed by atoms with Crippen molar-refractivity contribution >= 4 is 16.8 Å². The fourth-order valence-corrected chi connectivity index (χ4v) is 2.62. The molecule has 3 aromatic rings. The summed E-state index contributed by atoms with van der Waals surface area (Å²) in [6, 6.07) is 13.2. The van der Waals surface area contributed by atoms with Crippen LogP contribution in [0.25, 0.3) is 10.9 Å². The maximum atomic E-state index is 12.9. The van der Waals surface area contributed by atoms with Gasteiger partial charge in [0.2, 0.25) is 5.91 Å². The summed E-state index contributed by atoms with van der Waals surface area (Å²) in [4.78, 5) is 30.5. The summed E-state index contributed by atoms with van der Waals surface area (Å²) in [6.45, 7) is 0.660. The predicted molar refractivity (Wildman–Crippen MR) is 93.5 cm³/mol. The molecule has 0 unspecified atom stereocenters.